The zero-order chi connectivity index (χ0) is 19.8. The molecule has 1 aromatic carbocycles. The van der Waals surface area contributed by atoms with Gasteiger partial charge in [-0.05, 0) is 31.0 Å². The molecule has 1 aliphatic heterocycles. The highest BCUT2D eigenvalue weighted by Crippen LogP contribution is 2.27. The third-order valence-electron chi connectivity index (χ3n) is 4.55. The van der Waals surface area contributed by atoms with Crippen LogP contribution in [0.15, 0.2) is 23.2 Å². The summed E-state index contributed by atoms with van der Waals surface area (Å²) >= 11 is 0. The van der Waals surface area contributed by atoms with Crippen molar-refractivity contribution in [2.24, 2.45) is 10.9 Å². The number of nitrogens with zero attached hydrogens (tertiary/aromatic N) is 2. The topological polar surface area (TPSA) is 75.2 Å². The number of likely N-dealkylation sites (tertiary alicyclic amines) is 1. The minimum absolute atomic E-state index is 0.0377. The molecule has 7 heteroatoms. The summed E-state index contributed by atoms with van der Waals surface area (Å²) in [5.41, 5.74) is 1.04. The normalized spacial score (nSPS) is 17.2. The van der Waals surface area contributed by atoms with Gasteiger partial charge >= 0.3 is 0 Å². The highest BCUT2D eigenvalue weighted by molar-refractivity contribution is 5.81. The van der Waals surface area contributed by atoms with Crippen LogP contribution in [0.3, 0.4) is 0 Å². The minimum Gasteiger partial charge on any atom is -0.493 e. The number of guanidine groups is 1. The van der Waals surface area contributed by atoms with Crippen LogP contribution in [0.1, 0.15) is 32.8 Å². The van der Waals surface area contributed by atoms with Gasteiger partial charge in [-0.1, -0.05) is 19.9 Å². The molecule has 1 unspecified atom stereocenters. The molecule has 7 nitrogen and oxygen atoms in total. The summed E-state index contributed by atoms with van der Waals surface area (Å²) in [4.78, 5) is 18.8. The summed E-state index contributed by atoms with van der Waals surface area (Å²) in [6, 6.07) is 6.02. The van der Waals surface area contributed by atoms with Crippen molar-refractivity contribution in [1.82, 2.24) is 15.5 Å². The molecule has 0 spiro atoms. The van der Waals surface area contributed by atoms with Gasteiger partial charge in [0.1, 0.15) is 0 Å². The largest absolute Gasteiger partial charge is 0.493 e. The van der Waals surface area contributed by atoms with E-state index in [0.29, 0.717) is 18.0 Å². The predicted molar refractivity (Wildman–Crippen MR) is 107 cm³/mol. The van der Waals surface area contributed by atoms with E-state index in [0.717, 1.165) is 37.6 Å². The first-order valence-electron chi connectivity index (χ1n) is 9.53. The van der Waals surface area contributed by atoms with E-state index in [2.05, 4.69) is 15.6 Å². The number of ether oxygens (including phenoxy) is 2. The van der Waals surface area contributed by atoms with E-state index in [-0.39, 0.29) is 17.9 Å². The number of aliphatic imine (C=N–C) groups is 1. The van der Waals surface area contributed by atoms with Crippen LogP contribution in [-0.2, 0) is 11.3 Å². The number of carbonyl (C=O) groups excluding carboxylic acids is 1. The van der Waals surface area contributed by atoms with E-state index in [1.54, 1.807) is 14.2 Å². The van der Waals surface area contributed by atoms with Crippen LogP contribution in [0.2, 0.25) is 0 Å². The molecule has 1 amide bonds. The lowest BCUT2D eigenvalue weighted by atomic mass is 10.2. The van der Waals surface area contributed by atoms with Crippen LogP contribution in [-0.4, -0.2) is 56.7 Å². The lowest BCUT2D eigenvalue weighted by molar-refractivity contribution is -0.133. The van der Waals surface area contributed by atoms with Crippen LogP contribution < -0.4 is 20.1 Å². The highest BCUT2D eigenvalue weighted by Gasteiger charge is 2.27. The maximum atomic E-state index is 12.2. The molecule has 0 aliphatic carbocycles. The van der Waals surface area contributed by atoms with Crippen LogP contribution >= 0.6 is 0 Å². The molecule has 0 saturated carbocycles. The van der Waals surface area contributed by atoms with E-state index in [1.807, 2.05) is 43.9 Å². The number of nitrogens with one attached hydrogen (secondary N) is 2. The fraction of sp³-hybridized carbons (Fsp3) is 0.600. The van der Waals surface area contributed by atoms with Crippen molar-refractivity contribution >= 4 is 11.9 Å². The molecular formula is C20H32N4O3. The molecular weight excluding hydrogens is 344 g/mol. The number of hydrogen-bond acceptors (Lipinski definition) is 4. The Hall–Kier alpha value is -2.44. The third kappa shape index (κ3) is 5.77. The number of benzene rings is 1. The summed E-state index contributed by atoms with van der Waals surface area (Å²) in [6.07, 6.45) is 0.930. The van der Waals surface area contributed by atoms with Gasteiger partial charge in [0.25, 0.3) is 0 Å². The maximum Gasteiger partial charge on any atom is 0.225 e. The van der Waals surface area contributed by atoms with Gasteiger partial charge in [0.15, 0.2) is 17.5 Å². The number of methoxy groups -OCH3 is 2. The lowest BCUT2D eigenvalue weighted by Gasteiger charge is -2.20. The first-order chi connectivity index (χ1) is 13.0. The summed E-state index contributed by atoms with van der Waals surface area (Å²) in [5, 5.41) is 6.73. The molecule has 0 radical (unpaired) electrons. The average molecular weight is 377 g/mol. The second-order valence-corrected chi connectivity index (χ2v) is 6.95. The molecule has 0 bridgehead atoms. The second-order valence-electron chi connectivity index (χ2n) is 6.95. The molecule has 1 heterocycles. The fourth-order valence-corrected chi connectivity index (χ4v) is 3.11. The molecule has 1 aliphatic rings. The van der Waals surface area contributed by atoms with E-state index in [9.17, 15) is 4.79 Å². The highest BCUT2D eigenvalue weighted by atomic mass is 16.5. The molecule has 0 aromatic heterocycles. The first-order valence-corrected chi connectivity index (χ1v) is 9.53. The third-order valence-corrected chi connectivity index (χ3v) is 4.55. The van der Waals surface area contributed by atoms with Crippen molar-refractivity contribution in [1.29, 1.82) is 0 Å². The quantitative estimate of drug-likeness (QED) is 0.562. The number of carbonyl (C=O) groups is 1. The Labute approximate surface area is 162 Å². The SMILES string of the molecule is CCNC(=NCc1ccc(OC)c(OC)c1)NC1CCN(C(=O)C(C)C)C1. The number of rotatable bonds is 7. The van der Waals surface area contributed by atoms with E-state index in [4.69, 9.17) is 9.47 Å². The van der Waals surface area contributed by atoms with Gasteiger partial charge in [0.2, 0.25) is 5.91 Å². The molecule has 2 N–H and O–H groups in total. The van der Waals surface area contributed by atoms with Crippen molar-refractivity contribution < 1.29 is 14.3 Å². The Balaban J connectivity index is 1.99. The molecule has 1 saturated heterocycles. The Morgan fingerprint density at radius 1 is 1.30 bits per heavy atom. The van der Waals surface area contributed by atoms with Crippen molar-refractivity contribution in [2.45, 2.75) is 39.8 Å². The maximum absolute atomic E-state index is 12.2. The van der Waals surface area contributed by atoms with Gasteiger partial charge in [-0.25, -0.2) is 4.99 Å². The van der Waals surface area contributed by atoms with Crippen LogP contribution in [0, 0.1) is 5.92 Å². The van der Waals surface area contributed by atoms with Crippen LogP contribution in [0.5, 0.6) is 11.5 Å². The van der Waals surface area contributed by atoms with E-state index >= 15 is 0 Å². The Bertz CT molecular complexity index is 661. The van der Waals surface area contributed by atoms with Crippen molar-refractivity contribution in [3.8, 4) is 11.5 Å². The Kier molecular flexibility index (Phi) is 7.76. The van der Waals surface area contributed by atoms with Gasteiger partial charge in [0.05, 0.1) is 20.8 Å². The van der Waals surface area contributed by atoms with Gasteiger partial charge in [0, 0.05) is 31.6 Å². The van der Waals surface area contributed by atoms with Crippen LogP contribution in [0.25, 0.3) is 0 Å². The van der Waals surface area contributed by atoms with Crippen LogP contribution in [0.4, 0.5) is 0 Å². The standard InChI is InChI=1S/C20H32N4O3/c1-6-21-20(23-16-9-10-24(13-16)19(25)14(2)3)22-12-15-7-8-17(26-4)18(11-15)27-5/h7-8,11,14,16H,6,9-10,12-13H2,1-5H3,(H2,21,22,23). The number of hydrogen-bond donors (Lipinski definition) is 2. The molecule has 1 fully saturated rings. The summed E-state index contributed by atoms with van der Waals surface area (Å²) in [6.45, 7) is 8.74. The van der Waals surface area contributed by atoms with Gasteiger partial charge < -0.3 is 25.0 Å². The van der Waals surface area contributed by atoms with Gasteiger partial charge in [-0.15, -0.1) is 0 Å². The molecule has 2 rings (SSSR count). The monoisotopic (exact) mass is 376 g/mol. The first kappa shape index (κ1) is 20.9. The molecule has 150 valence electrons. The summed E-state index contributed by atoms with van der Waals surface area (Å²) < 4.78 is 10.6. The fourth-order valence-electron chi connectivity index (χ4n) is 3.11. The van der Waals surface area contributed by atoms with Crippen molar-refractivity contribution in [3.05, 3.63) is 23.8 Å². The van der Waals surface area contributed by atoms with Gasteiger partial charge in [-0.3, -0.25) is 4.79 Å². The zero-order valence-corrected chi connectivity index (χ0v) is 17.0. The van der Waals surface area contributed by atoms with Crippen molar-refractivity contribution in [3.63, 3.8) is 0 Å². The number of amides is 1. The molecule has 27 heavy (non-hydrogen) atoms. The smallest absolute Gasteiger partial charge is 0.225 e. The van der Waals surface area contributed by atoms with E-state index in [1.165, 1.54) is 0 Å². The average Bonchev–Trinajstić information content (AvgIpc) is 3.13. The minimum atomic E-state index is 0.0377. The summed E-state index contributed by atoms with van der Waals surface area (Å²) in [7, 11) is 3.25. The van der Waals surface area contributed by atoms with Gasteiger partial charge in [-0.2, -0.15) is 0 Å². The molecule has 1 aromatic rings. The predicted octanol–water partition coefficient (Wildman–Crippen LogP) is 2.02. The summed E-state index contributed by atoms with van der Waals surface area (Å²) in [5.74, 6) is 2.41. The Morgan fingerprint density at radius 3 is 2.67 bits per heavy atom. The zero-order valence-electron chi connectivity index (χ0n) is 17.0. The lowest BCUT2D eigenvalue weighted by Crippen LogP contribution is -2.45. The van der Waals surface area contributed by atoms with E-state index < -0.39 is 0 Å². The van der Waals surface area contributed by atoms with Crippen molar-refractivity contribution in [2.75, 3.05) is 33.9 Å². The molecule has 1 atom stereocenters. The second kappa shape index (κ2) is 10.0. The Morgan fingerprint density at radius 2 is 2.04 bits per heavy atom.